The molecule has 0 aliphatic carbocycles. The summed E-state index contributed by atoms with van der Waals surface area (Å²) in [6, 6.07) is 7.84. The van der Waals surface area contributed by atoms with Gasteiger partial charge in [-0.3, -0.25) is 0 Å². The molecule has 1 aromatic carbocycles. The Bertz CT molecular complexity index is 468. The van der Waals surface area contributed by atoms with Crippen LogP contribution in [0.2, 0.25) is 0 Å². The van der Waals surface area contributed by atoms with Gasteiger partial charge in [-0.1, -0.05) is 0 Å². The van der Waals surface area contributed by atoms with E-state index in [4.69, 9.17) is 10.8 Å². The van der Waals surface area contributed by atoms with Crippen molar-refractivity contribution >= 4 is 22.7 Å². The molecule has 3 nitrogen and oxygen atoms in total. The Labute approximate surface area is 105 Å². The van der Waals surface area contributed by atoms with Gasteiger partial charge in [-0.25, -0.2) is 0 Å². The number of hydrogen-bond acceptors (Lipinski definition) is 4. The molecular formula is C13H16N2OS. The van der Waals surface area contributed by atoms with E-state index < -0.39 is 0 Å². The van der Waals surface area contributed by atoms with Crippen LogP contribution in [0.1, 0.15) is 11.1 Å². The average Bonchev–Trinajstić information content (AvgIpc) is 2.81. The Morgan fingerprint density at radius 1 is 1.29 bits per heavy atom. The molecule has 0 saturated heterocycles. The smallest absolute Gasteiger partial charge is 0.0472 e. The first-order valence-corrected chi connectivity index (χ1v) is 6.48. The van der Waals surface area contributed by atoms with E-state index in [9.17, 15) is 0 Å². The highest BCUT2D eigenvalue weighted by molar-refractivity contribution is 7.07. The van der Waals surface area contributed by atoms with E-state index >= 15 is 0 Å². The van der Waals surface area contributed by atoms with Gasteiger partial charge in [-0.2, -0.15) is 11.3 Å². The number of benzene rings is 1. The van der Waals surface area contributed by atoms with Crippen molar-refractivity contribution in [1.29, 1.82) is 0 Å². The van der Waals surface area contributed by atoms with Gasteiger partial charge in [0.25, 0.3) is 0 Å². The lowest BCUT2D eigenvalue weighted by Gasteiger charge is -2.11. The van der Waals surface area contributed by atoms with Gasteiger partial charge in [-0.15, -0.1) is 0 Å². The largest absolute Gasteiger partial charge is 0.399 e. The van der Waals surface area contributed by atoms with Crippen LogP contribution in [-0.4, -0.2) is 11.7 Å². The summed E-state index contributed by atoms with van der Waals surface area (Å²) in [5, 5.41) is 16.6. The summed E-state index contributed by atoms with van der Waals surface area (Å²) in [6.45, 7) is 0.933. The zero-order valence-corrected chi connectivity index (χ0v) is 10.3. The number of thiophene rings is 1. The molecule has 0 radical (unpaired) electrons. The zero-order chi connectivity index (χ0) is 12.1. The lowest BCUT2D eigenvalue weighted by atomic mass is 10.1. The number of nitrogens with two attached hydrogens (primary N) is 1. The first-order chi connectivity index (χ1) is 8.29. The molecule has 4 N–H and O–H groups in total. The minimum absolute atomic E-state index is 0.136. The van der Waals surface area contributed by atoms with Gasteiger partial charge in [0.05, 0.1) is 0 Å². The third kappa shape index (κ3) is 3.22. The minimum Gasteiger partial charge on any atom is -0.399 e. The molecule has 1 aromatic heterocycles. The lowest BCUT2D eigenvalue weighted by Crippen LogP contribution is -2.04. The number of nitrogen functional groups attached to an aromatic ring is 1. The van der Waals surface area contributed by atoms with Crippen LogP contribution in [0.4, 0.5) is 11.4 Å². The summed E-state index contributed by atoms with van der Waals surface area (Å²) in [6.07, 6.45) is 0.622. The summed E-state index contributed by atoms with van der Waals surface area (Å²) in [4.78, 5) is 0. The molecule has 0 amide bonds. The molecule has 0 bridgehead atoms. The number of anilines is 2. The number of aliphatic hydroxyl groups excluding tert-OH is 1. The normalized spacial score (nSPS) is 10.4. The number of aliphatic hydroxyl groups is 1. The van der Waals surface area contributed by atoms with Gasteiger partial charge in [0.15, 0.2) is 0 Å². The fourth-order valence-electron chi connectivity index (χ4n) is 1.70. The number of hydrogen-bond donors (Lipinski definition) is 3. The Morgan fingerprint density at radius 2 is 2.18 bits per heavy atom. The van der Waals surface area contributed by atoms with E-state index in [2.05, 4.69) is 22.1 Å². The molecular weight excluding hydrogens is 232 g/mol. The molecule has 2 aromatic rings. The molecule has 0 unspecified atom stereocenters. The minimum atomic E-state index is 0.136. The van der Waals surface area contributed by atoms with E-state index in [-0.39, 0.29) is 6.61 Å². The van der Waals surface area contributed by atoms with Crippen LogP contribution in [0.15, 0.2) is 35.0 Å². The Hall–Kier alpha value is -1.52. The number of rotatable bonds is 5. The fourth-order valence-corrected chi connectivity index (χ4v) is 2.37. The highest BCUT2D eigenvalue weighted by Crippen LogP contribution is 2.20. The van der Waals surface area contributed by atoms with Crippen LogP contribution in [0, 0.1) is 0 Å². The highest BCUT2D eigenvalue weighted by Gasteiger charge is 2.02. The summed E-state index contributed by atoms with van der Waals surface area (Å²) in [5.41, 5.74) is 9.84. The number of nitrogens with one attached hydrogen (secondary N) is 1. The first kappa shape index (κ1) is 12.0. The van der Waals surface area contributed by atoms with Gasteiger partial charge in [0, 0.05) is 24.5 Å². The Balaban J connectivity index is 2.08. The molecule has 0 spiro atoms. The Kier molecular flexibility index (Phi) is 4.01. The van der Waals surface area contributed by atoms with Crippen molar-refractivity contribution in [2.75, 3.05) is 17.7 Å². The fraction of sp³-hybridized carbons (Fsp3) is 0.231. The van der Waals surface area contributed by atoms with Gasteiger partial charge < -0.3 is 16.2 Å². The molecule has 0 aliphatic heterocycles. The summed E-state index contributed by atoms with van der Waals surface area (Å²) in [5.74, 6) is 0. The summed E-state index contributed by atoms with van der Waals surface area (Å²) >= 11 is 1.69. The second-order valence-corrected chi connectivity index (χ2v) is 4.66. The van der Waals surface area contributed by atoms with Crippen molar-refractivity contribution in [3.05, 3.63) is 46.2 Å². The molecule has 0 aliphatic rings. The van der Waals surface area contributed by atoms with E-state index in [1.165, 1.54) is 5.56 Å². The molecule has 4 heteroatoms. The van der Waals surface area contributed by atoms with Gasteiger partial charge in [0.1, 0.15) is 0 Å². The van der Waals surface area contributed by atoms with Crippen molar-refractivity contribution < 1.29 is 5.11 Å². The summed E-state index contributed by atoms with van der Waals surface area (Å²) < 4.78 is 0. The van der Waals surface area contributed by atoms with Crippen LogP contribution in [0.3, 0.4) is 0 Å². The maximum atomic E-state index is 9.02. The Morgan fingerprint density at radius 3 is 2.88 bits per heavy atom. The molecule has 0 saturated carbocycles. The monoisotopic (exact) mass is 248 g/mol. The maximum Gasteiger partial charge on any atom is 0.0472 e. The van der Waals surface area contributed by atoms with E-state index in [0.717, 1.165) is 23.5 Å². The van der Waals surface area contributed by atoms with Gasteiger partial charge >= 0.3 is 0 Å². The van der Waals surface area contributed by atoms with Crippen LogP contribution in [-0.2, 0) is 13.0 Å². The zero-order valence-electron chi connectivity index (χ0n) is 9.52. The SMILES string of the molecule is Nc1ccc(NCc2ccsc2)c(CCO)c1. The van der Waals surface area contributed by atoms with Crippen molar-refractivity contribution in [3.63, 3.8) is 0 Å². The summed E-state index contributed by atoms with van der Waals surface area (Å²) in [7, 11) is 0. The maximum absolute atomic E-state index is 9.02. The van der Waals surface area contributed by atoms with Crippen LogP contribution in [0.25, 0.3) is 0 Å². The van der Waals surface area contributed by atoms with Crippen LogP contribution < -0.4 is 11.1 Å². The van der Waals surface area contributed by atoms with Crippen LogP contribution >= 0.6 is 11.3 Å². The topological polar surface area (TPSA) is 58.3 Å². The standard InChI is InChI=1S/C13H16N2OS/c14-12-1-2-13(11(7-12)3-5-16)15-8-10-4-6-17-9-10/h1-2,4,6-7,9,15-16H,3,5,8,14H2. The van der Waals surface area contributed by atoms with Crippen molar-refractivity contribution in [3.8, 4) is 0 Å². The average molecular weight is 248 g/mol. The van der Waals surface area contributed by atoms with Gasteiger partial charge in [0.2, 0.25) is 0 Å². The quantitative estimate of drug-likeness (QED) is 0.712. The molecule has 0 fully saturated rings. The lowest BCUT2D eigenvalue weighted by molar-refractivity contribution is 0.300. The van der Waals surface area contributed by atoms with Crippen molar-refractivity contribution in [2.24, 2.45) is 0 Å². The molecule has 1 heterocycles. The van der Waals surface area contributed by atoms with Crippen molar-refractivity contribution in [2.45, 2.75) is 13.0 Å². The van der Waals surface area contributed by atoms with E-state index in [1.807, 2.05) is 18.2 Å². The predicted molar refractivity (Wildman–Crippen MR) is 73.3 cm³/mol. The second-order valence-electron chi connectivity index (χ2n) is 3.88. The van der Waals surface area contributed by atoms with Crippen LogP contribution in [0.5, 0.6) is 0 Å². The molecule has 17 heavy (non-hydrogen) atoms. The first-order valence-electron chi connectivity index (χ1n) is 5.54. The highest BCUT2D eigenvalue weighted by atomic mass is 32.1. The predicted octanol–water partition coefficient (Wildman–Crippen LogP) is 2.48. The molecule has 90 valence electrons. The van der Waals surface area contributed by atoms with E-state index in [1.54, 1.807) is 11.3 Å². The van der Waals surface area contributed by atoms with Gasteiger partial charge in [-0.05, 0) is 52.6 Å². The third-order valence-corrected chi connectivity index (χ3v) is 3.31. The molecule has 2 rings (SSSR count). The van der Waals surface area contributed by atoms with Crippen molar-refractivity contribution in [1.82, 2.24) is 0 Å². The second kappa shape index (κ2) is 5.70. The third-order valence-electron chi connectivity index (χ3n) is 2.57. The molecule has 0 atom stereocenters. The van der Waals surface area contributed by atoms with E-state index in [0.29, 0.717) is 6.42 Å².